The number of amides is 5. The minimum Gasteiger partial charge on any atom is -0.507 e. The number of phenolic OH excluding ortho intramolecular Hbond substituents is 2. The van der Waals surface area contributed by atoms with E-state index in [1.807, 2.05) is 4.90 Å². The molecule has 5 aliphatic heterocycles. The van der Waals surface area contributed by atoms with Gasteiger partial charge in [0.15, 0.2) is 30.3 Å². The summed E-state index contributed by atoms with van der Waals surface area (Å²) in [5.74, 6) is -7.76. The van der Waals surface area contributed by atoms with Gasteiger partial charge in [0.1, 0.15) is 42.2 Å². The number of hydrogen-bond acceptors (Lipinski definition) is 19. The van der Waals surface area contributed by atoms with E-state index < -0.39 is 155 Å². The van der Waals surface area contributed by atoms with E-state index in [0.717, 1.165) is 9.80 Å². The number of aromatic hydroxyl groups is 2. The number of aliphatic hydroxyl groups excluding tert-OH is 1. The Morgan fingerprint density at radius 3 is 2.32 bits per heavy atom. The molecule has 5 heterocycles. The molecule has 352 valence electrons. The van der Waals surface area contributed by atoms with E-state index in [2.05, 4.69) is 0 Å². The molecule has 2 aromatic carbocycles. The van der Waals surface area contributed by atoms with Crippen molar-refractivity contribution < 1.29 is 82.5 Å². The number of carbonyl (C=O) groups is 8. The number of piperazine rings is 1. The predicted octanol–water partition coefficient (Wildman–Crippen LogP) is -0.263. The van der Waals surface area contributed by atoms with Crippen LogP contribution >= 0.6 is 11.8 Å². The zero-order valence-corrected chi connectivity index (χ0v) is 37.1. The Labute approximate surface area is 380 Å². The Bertz CT molecular complexity index is 2480. The lowest BCUT2D eigenvalue weighted by atomic mass is 9.72. The number of likely N-dealkylation sites (tertiary alicyclic amines) is 2. The van der Waals surface area contributed by atoms with E-state index >= 15 is 0 Å². The van der Waals surface area contributed by atoms with Crippen molar-refractivity contribution in [3.8, 4) is 17.2 Å². The molecule has 66 heavy (non-hydrogen) atoms. The highest BCUT2D eigenvalue weighted by molar-refractivity contribution is 8.00. The second-order valence-corrected chi connectivity index (χ2v) is 18.6. The van der Waals surface area contributed by atoms with Crippen LogP contribution in [0.3, 0.4) is 0 Å². The molecule has 2 aromatic rings. The van der Waals surface area contributed by atoms with Crippen LogP contribution in [-0.2, 0) is 54.1 Å². The van der Waals surface area contributed by atoms with Gasteiger partial charge in [0.2, 0.25) is 35.3 Å². The summed E-state index contributed by atoms with van der Waals surface area (Å²) in [6.07, 6.45) is -5.70. The van der Waals surface area contributed by atoms with Crippen LogP contribution in [0.25, 0.3) is 0 Å². The van der Waals surface area contributed by atoms with E-state index in [0.29, 0.717) is 0 Å². The predicted molar refractivity (Wildman–Crippen MR) is 223 cm³/mol. The number of ether oxygens (including phenoxy) is 5. The number of fused-ring (bicyclic) bond motifs is 6. The SMILES string of the molecule is COc1cccc2c1C(=O)c1c(O)c3c(c(O)c1C2=O)C[C@@](O)(C(=O)CO)C[C@@H]3O[C@H]1C[C@H]2[C@H](O[C@@H]3C(OC)N(C(=O)CC4CC(=O)N(CN5C(=O)CC(SC)C5=O)C4=O)CCN32)[C@H](C)O1. The number of thioether (sulfide) groups is 1. The zero-order valence-electron chi connectivity index (χ0n) is 36.3. The summed E-state index contributed by atoms with van der Waals surface area (Å²) >= 11 is 1.21. The molecule has 5 fully saturated rings. The zero-order chi connectivity index (χ0) is 47.3. The number of hydrogen-bond donors (Lipinski definition) is 4. The third-order valence-corrected chi connectivity index (χ3v) is 14.9. The Morgan fingerprint density at radius 2 is 1.64 bits per heavy atom. The number of phenols is 2. The van der Waals surface area contributed by atoms with Gasteiger partial charge in [0.05, 0.1) is 47.2 Å². The van der Waals surface area contributed by atoms with Gasteiger partial charge in [-0.2, -0.15) is 11.8 Å². The monoisotopic (exact) mass is 936 g/mol. The summed E-state index contributed by atoms with van der Waals surface area (Å²) < 4.78 is 30.5. The van der Waals surface area contributed by atoms with Gasteiger partial charge in [-0.05, 0) is 19.2 Å². The second kappa shape index (κ2) is 17.1. The van der Waals surface area contributed by atoms with E-state index in [4.69, 9.17) is 23.7 Å². The molecule has 22 heteroatoms. The molecule has 7 aliphatic rings. The molecule has 5 amide bonds. The van der Waals surface area contributed by atoms with Gasteiger partial charge in [-0.15, -0.1) is 0 Å². The average Bonchev–Trinajstić information content (AvgIpc) is 3.90. The molecule has 3 unspecified atom stereocenters. The Balaban J connectivity index is 0.932. The van der Waals surface area contributed by atoms with Gasteiger partial charge < -0.3 is 49.0 Å². The third-order valence-electron chi connectivity index (χ3n) is 14.0. The smallest absolute Gasteiger partial charge is 0.244 e. The number of aliphatic hydroxyl groups is 2. The van der Waals surface area contributed by atoms with Crippen LogP contribution in [0.2, 0.25) is 0 Å². The number of imide groups is 2. The molecular formula is C44H48N4O17S. The summed E-state index contributed by atoms with van der Waals surface area (Å²) in [6.45, 7) is 0.522. The molecule has 0 aromatic heterocycles. The first-order chi connectivity index (χ1) is 31.5. The van der Waals surface area contributed by atoms with Crippen molar-refractivity contribution in [3.05, 3.63) is 51.6 Å². The van der Waals surface area contributed by atoms with E-state index in [-0.39, 0.29) is 66.8 Å². The van der Waals surface area contributed by atoms with Gasteiger partial charge in [-0.1, -0.05) is 12.1 Å². The highest BCUT2D eigenvalue weighted by Crippen LogP contribution is 2.53. The molecule has 4 N–H and O–H groups in total. The molecule has 9 rings (SSSR count). The maximum absolute atomic E-state index is 14.1. The summed E-state index contributed by atoms with van der Waals surface area (Å²) in [5.41, 5.74) is -3.98. The van der Waals surface area contributed by atoms with E-state index in [1.165, 1.54) is 49.1 Å². The maximum atomic E-state index is 14.1. The summed E-state index contributed by atoms with van der Waals surface area (Å²) in [4.78, 5) is 112. The van der Waals surface area contributed by atoms with Crippen LogP contribution in [0.1, 0.15) is 88.1 Å². The Kier molecular flexibility index (Phi) is 11.9. The van der Waals surface area contributed by atoms with Crippen molar-refractivity contribution in [2.45, 2.75) is 99.4 Å². The largest absolute Gasteiger partial charge is 0.507 e. The molecule has 10 atom stereocenters. The van der Waals surface area contributed by atoms with Gasteiger partial charge in [0.25, 0.3) is 0 Å². The number of rotatable bonds is 11. The molecule has 0 spiro atoms. The number of nitrogens with zero attached hydrogens (tertiary/aromatic N) is 4. The number of benzene rings is 2. The molecule has 0 radical (unpaired) electrons. The topological polar surface area (TPSA) is 277 Å². The van der Waals surface area contributed by atoms with Crippen molar-refractivity contribution in [3.63, 3.8) is 0 Å². The quantitative estimate of drug-likeness (QED) is 0.142. The first-order valence-electron chi connectivity index (χ1n) is 21.5. The van der Waals surface area contributed by atoms with Crippen LogP contribution in [0.4, 0.5) is 0 Å². The normalized spacial score (nSPS) is 31.8. The van der Waals surface area contributed by atoms with Crippen LogP contribution in [0, 0.1) is 5.92 Å². The fraction of sp³-hybridized carbons (Fsp3) is 0.545. The fourth-order valence-corrected chi connectivity index (χ4v) is 11.3. The number of carbonyl (C=O) groups excluding carboxylic acids is 8. The van der Waals surface area contributed by atoms with Gasteiger partial charge >= 0.3 is 0 Å². The van der Waals surface area contributed by atoms with Gasteiger partial charge in [-0.3, -0.25) is 53.1 Å². The standard InChI is InChI=1S/C44H48N4O17S/c1-18-39-22(45-8-9-46(42(62-3)43(45)65-39)27(51)10-19-11-28(52)47(40(19)58)17-48-29(53)13-25(66-4)41(48)59)12-30(63-18)64-24-15-44(60,26(50)16-49)14-21-32(24)38(57)34-33(36(21)55)35(54)20-6-5-7-23(61-2)31(20)37(34)56/h5-7,18-19,22,24-25,30,39,42-43,49,55,57,60H,8-17H2,1-4H3/t18-,19?,22-,24-,25?,30-,39+,42?,43+,44-/m0/s1. The molecular weight excluding hydrogens is 889 g/mol. The van der Waals surface area contributed by atoms with Crippen LogP contribution in [0.5, 0.6) is 17.2 Å². The maximum Gasteiger partial charge on any atom is 0.244 e. The molecule has 0 bridgehead atoms. The van der Waals surface area contributed by atoms with E-state index in [9.17, 15) is 58.8 Å². The number of methoxy groups -OCH3 is 2. The summed E-state index contributed by atoms with van der Waals surface area (Å²) in [7, 11) is 2.71. The second-order valence-electron chi connectivity index (χ2n) is 17.5. The average molecular weight is 937 g/mol. The molecule has 21 nitrogen and oxygen atoms in total. The van der Waals surface area contributed by atoms with Gasteiger partial charge in [0, 0.05) is 81.5 Å². The minimum absolute atomic E-state index is 0.0313. The number of ketones is 3. The highest BCUT2D eigenvalue weighted by atomic mass is 32.2. The summed E-state index contributed by atoms with van der Waals surface area (Å²) in [5, 5.41) is 44.7. The van der Waals surface area contributed by atoms with Gasteiger partial charge in [-0.25, -0.2) is 0 Å². The van der Waals surface area contributed by atoms with Crippen molar-refractivity contribution in [1.82, 2.24) is 19.6 Å². The van der Waals surface area contributed by atoms with Crippen LogP contribution in [-0.4, -0.2) is 182 Å². The molecule has 0 saturated carbocycles. The lowest BCUT2D eigenvalue weighted by Crippen LogP contribution is -2.62. The van der Waals surface area contributed by atoms with E-state index in [1.54, 1.807) is 13.2 Å². The Morgan fingerprint density at radius 1 is 0.924 bits per heavy atom. The minimum atomic E-state index is -2.34. The molecule has 2 aliphatic carbocycles. The lowest BCUT2D eigenvalue weighted by molar-refractivity contribution is -0.248. The fourth-order valence-electron chi connectivity index (χ4n) is 10.7. The highest BCUT2D eigenvalue weighted by Gasteiger charge is 2.57. The van der Waals surface area contributed by atoms with Crippen molar-refractivity contribution >= 4 is 58.6 Å². The lowest BCUT2D eigenvalue weighted by Gasteiger charge is -2.45. The summed E-state index contributed by atoms with van der Waals surface area (Å²) in [6, 6.07) is 3.90. The van der Waals surface area contributed by atoms with Crippen molar-refractivity contribution in [2.24, 2.45) is 5.92 Å². The van der Waals surface area contributed by atoms with Crippen LogP contribution < -0.4 is 4.74 Å². The Hall–Kier alpha value is -5.33. The number of Topliss-reactive ketones (excluding diaryl/α,β-unsaturated/α-hetero) is 1. The van der Waals surface area contributed by atoms with Crippen molar-refractivity contribution in [2.75, 3.05) is 46.8 Å². The first-order valence-corrected chi connectivity index (χ1v) is 22.7. The van der Waals surface area contributed by atoms with Crippen molar-refractivity contribution in [1.29, 1.82) is 0 Å². The van der Waals surface area contributed by atoms with Crippen LogP contribution in [0.15, 0.2) is 18.2 Å². The first kappa shape index (κ1) is 45.8. The third kappa shape index (κ3) is 7.11. The molecule has 5 saturated heterocycles.